The van der Waals surface area contributed by atoms with Crippen LogP contribution >= 0.6 is 11.6 Å². The maximum Gasteiger partial charge on any atom is 0.296 e. The number of pyridine rings is 1. The van der Waals surface area contributed by atoms with Gasteiger partial charge < -0.3 is 28.7 Å². The molecule has 0 amide bonds. The van der Waals surface area contributed by atoms with E-state index in [-0.39, 0.29) is 30.0 Å². The molecule has 10 heteroatoms. The molecule has 4 heterocycles. The van der Waals surface area contributed by atoms with E-state index in [0.29, 0.717) is 79.0 Å². The minimum Gasteiger partial charge on any atom is -0.491 e. The number of aromatic amines is 1. The fourth-order valence-corrected chi connectivity index (χ4v) is 5.93. The zero-order chi connectivity index (χ0) is 25.5. The van der Waals surface area contributed by atoms with Gasteiger partial charge in [-0.2, -0.15) is 4.98 Å². The Bertz CT molecular complexity index is 1290. The van der Waals surface area contributed by atoms with Crippen LogP contribution < -0.4 is 9.47 Å². The third kappa shape index (κ3) is 4.90. The number of nitrogens with one attached hydrogen (secondary N) is 1. The SMILES string of the molecule is CCOCCOc1cc(F)c2c(c1)CC[C@@H]2Cc1nc2nc(O[C@@H]3CO[C@H]4[C@@H]3OC[C@H]4C)[nH]c2cc1Cl. The molecule has 3 aliphatic rings. The summed E-state index contributed by atoms with van der Waals surface area (Å²) in [6, 6.07) is 5.57. The van der Waals surface area contributed by atoms with Crippen LogP contribution in [0.3, 0.4) is 0 Å². The van der Waals surface area contributed by atoms with Gasteiger partial charge in [0.1, 0.15) is 24.3 Å². The van der Waals surface area contributed by atoms with Crippen molar-refractivity contribution in [3.63, 3.8) is 0 Å². The normalized spacial score (nSPS) is 26.5. The van der Waals surface area contributed by atoms with Crippen LogP contribution in [0.5, 0.6) is 11.8 Å². The highest BCUT2D eigenvalue weighted by Crippen LogP contribution is 2.40. The molecule has 8 nitrogen and oxygen atoms in total. The summed E-state index contributed by atoms with van der Waals surface area (Å²) in [5.41, 5.74) is 3.60. The maximum atomic E-state index is 15.1. The zero-order valence-electron chi connectivity index (χ0n) is 21.0. The molecule has 0 radical (unpaired) electrons. The Labute approximate surface area is 219 Å². The van der Waals surface area contributed by atoms with Crippen molar-refractivity contribution in [1.82, 2.24) is 15.0 Å². The monoisotopic (exact) mass is 531 g/mol. The number of benzene rings is 1. The van der Waals surface area contributed by atoms with E-state index in [0.717, 1.165) is 24.0 Å². The Kier molecular flexibility index (Phi) is 6.96. The second-order valence-electron chi connectivity index (χ2n) is 10.0. The van der Waals surface area contributed by atoms with Crippen LogP contribution in [0.25, 0.3) is 11.2 Å². The third-order valence-electron chi connectivity index (χ3n) is 7.50. The predicted molar refractivity (Wildman–Crippen MR) is 135 cm³/mol. The minimum absolute atomic E-state index is 0.0151. The lowest BCUT2D eigenvalue weighted by Gasteiger charge is -2.15. The first-order valence-corrected chi connectivity index (χ1v) is 13.4. The van der Waals surface area contributed by atoms with Crippen LogP contribution in [0.4, 0.5) is 4.39 Å². The molecule has 2 fully saturated rings. The Morgan fingerprint density at radius 2 is 2.00 bits per heavy atom. The highest BCUT2D eigenvalue weighted by atomic mass is 35.5. The van der Waals surface area contributed by atoms with Crippen LogP contribution in [0, 0.1) is 11.7 Å². The summed E-state index contributed by atoms with van der Waals surface area (Å²) in [5.74, 6) is 0.621. The minimum atomic E-state index is -0.250. The first kappa shape index (κ1) is 24.9. The van der Waals surface area contributed by atoms with Crippen LogP contribution in [0.2, 0.25) is 5.02 Å². The first-order valence-electron chi connectivity index (χ1n) is 13.0. The molecular formula is C27H31ClFN3O5. The topological polar surface area (TPSA) is 87.7 Å². The smallest absolute Gasteiger partial charge is 0.296 e. The number of ether oxygens (including phenoxy) is 5. The number of H-pyrrole nitrogens is 1. The van der Waals surface area contributed by atoms with Crippen LogP contribution in [0.1, 0.15) is 43.0 Å². The maximum absolute atomic E-state index is 15.1. The fraction of sp³-hybridized carbons (Fsp3) is 0.556. The van der Waals surface area contributed by atoms with Crippen molar-refractivity contribution in [3.05, 3.63) is 45.9 Å². The van der Waals surface area contributed by atoms with Gasteiger partial charge in [-0.15, -0.1) is 0 Å². The van der Waals surface area contributed by atoms with Crippen LogP contribution in [-0.2, 0) is 27.1 Å². The van der Waals surface area contributed by atoms with E-state index in [1.165, 1.54) is 6.07 Å². The van der Waals surface area contributed by atoms with Gasteiger partial charge in [0, 0.05) is 18.6 Å². The molecule has 2 aromatic heterocycles. The third-order valence-corrected chi connectivity index (χ3v) is 7.82. The number of imidazole rings is 1. The average molecular weight is 532 g/mol. The number of hydrogen-bond donors (Lipinski definition) is 1. The van der Waals surface area contributed by atoms with E-state index >= 15 is 4.39 Å². The number of hydrogen-bond acceptors (Lipinski definition) is 7. The highest BCUT2D eigenvalue weighted by Gasteiger charge is 2.47. The first-order chi connectivity index (χ1) is 18.0. The second-order valence-corrected chi connectivity index (χ2v) is 10.4. The van der Waals surface area contributed by atoms with Crippen molar-refractivity contribution in [1.29, 1.82) is 0 Å². The standard InChI is InChI=1S/C27H31ClFN3O5/c1-3-33-6-7-34-17-8-15-4-5-16(23(15)19(29)10-17)9-20-18(28)11-21-26(30-20)32-27(31-21)37-22-13-36-24-14(2)12-35-25(22)24/h8,10-11,14,16,22,24-25H,3-7,9,12-13H2,1-2H3,(H,30,31,32)/t14-,16-,22-,24-,25-/m1/s1. The van der Waals surface area contributed by atoms with Gasteiger partial charge in [0.2, 0.25) is 0 Å². The lowest BCUT2D eigenvalue weighted by molar-refractivity contribution is 0.0262. The number of aryl methyl sites for hydroxylation is 1. The van der Waals surface area contributed by atoms with E-state index in [1.54, 1.807) is 0 Å². The van der Waals surface area contributed by atoms with Crippen LogP contribution in [-0.4, -0.2) is 66.3 Å². The van der Waals surface area contributed by atoms with Gasteiger partial charge in [-0.3, -0.25) is 0 Å². The summed E-state index contributed by atoms with van der Waals surface area (Å²) in [6.45, 7) is 6.68. The number of fused-ring (bicyclic) bond motifs is 3. The Morgan fingerprint density at radius 1 is 1.14 bits per heavy atom. The van der Waals surface area contributed by atoms with Gasteiger partial charge in [-0.05, 0) is 55.4 Å². The lowest BCUT2D eigenvalue weighted by Crippen LogP contribution is -2.33. The molecule has 37 heavy (non-hydrogen) atoms. The number of rotatable bonds is 9. The van der Waals surface area contributed by atoms with Gasteiger partial charge in [0.25, 0.3) is 6.01 Å². The summed E-state index contributed by atoms with van der Waals surface area (Å²) in [6.07, 6.45) is 1.87. The molecule has 198 valence electrons. The van der Waals surface area contributed by atoms with Gasteiger partial charge in [0.15, 0.2) is 11.8 Å². The largest absolute Gasteiger partial charge is 0.491 e. The van der Waals surface area contributed by atoms with Crippen molar-refractivity contribution in [2.45, 2.75) is 57.3 Å². The van der Waals surface area contributed by atoms with E-state index in [2.05, 4.69) is 16.9 Å². The molecule has 0 unspecified atom stereocenters. The molecule has 3 aromatic rings. The van der Waals surface area contributed by atoms with E-state index in [4.69, 9.17) is 40.3 Å². The molecule has 0 bridgehead atoms. The lowest BCUT2D eigenvalue weighted by atomic mass is 9.95. The van der Waals surface area contributed by atoms with E-state index < -0.39 is 0 Å². The Balaban J connectivity index is 1.16. The van der Waals surface area contributed by atoms with Crippen molar-refractivity contribution in [2.24, 2.45) is 5.92 Å². The molecule has 1 aromatic carbocycles. The fourth-order valence-electron chi connectivity index (χ4n) is 5.70. The molecule has 1 aliphatic carbocycles. The predicted octanol–water partition coefficient (Wildman–Crippen LogP) is 4.62. The molecule has 6 rings (SSSR count). The Hall–Kier alpha value is -2.46. The van der Waals surface area contributed by atoms with Crippen molar-refractivity contribution in [3.8, 4) is 11.8 Å². The molecule has 0 saturated carbocycles. The zero-order valence-corrected chi connectivity index (χ0v) is 21.7. The van der Waals surface area contributed by atoms with Gasteiger partial charge >= 0.3 is 0 Å². The summed E-state index contributed by atoms with van der Waals surface area (Å²) >= 11 is 6.61. The number of halogens is 2. The molecule has 1 N–H and O–H groups in total. The van der Waals surface area contributed by atoms with E-state index in [1.807, 2.05) is 19.1 Å². The van der Waals surface area contributed by atoms with Gasteiger partial charge in [-0.25, -0.2) is 9.37 Å². The molecule has 0 spiro atoms. The number of nitrogens with zero attached hydrogens (tertiary/aromatic N) is 2. The van der Waals surface area contributed by atoms with Gasteiger partial charge in [-0.1, -0.05) is 18.5 Å². The Morgan fingerprint density at radius 3 is 2.86 bits per heavy atom. The summed E-state index contributed by atoms with van der Waals surface area (Å²) in [7, 11) is 0. The van der Waals surface area contributed by atoms with Crippen molar-refractivity contribution < 1.29 is 28.1 Å². The molecule has 5 atom stereocenters. The van der Waals surface area contributed by atoms with Crippen LogP contribution in [0.15, 0.2) is 18.2 Å². The second kappa shape index (κ2) is 10.4. The molecule has 2 aliphatic heterocycles. The highest BCUT2D eigenvalue weighted by molar-refractivity contribution is 6.31. The molecular weight excluding hydrogens is 501 g/mol. The number of aromatic nitrogens is 3. The molecule has 2 saturated heterocycles. The quantitative estimate of drug-likeness (QED) is 0.403. The van der Waals surface area contributed by atoms with Crippen molar-refractivity contribution in [2.75, 3.05) is 33.0 Å². The summed E-state index contributed by atoms with van der Waals surface area (Å²) in [4.78, 5) is 12.4. The van der Waals surface area contributed by atoms with Crippen molar-refractivity contribution >= 4 is 22.8 Å². The summed E-state index contributed by atoms with van der Waals surface area (Å²) in [5, 5.41) is 0.518. The average Bonchev–Trinajstić information content (AvgIpc) is 3.64. The van der Waals surface area contributed by atoms with E-state index in [9.17, 15) is 0 Å². The van der Waals surface area contributed by atoms with Gasteiger partial charge in [0.05, 0.1) is 42.2 Å². The summed E-state index contributed by atoms with van der Waals surface area (Å²) < 4.78 is 43.9.